The number of nitrogens with zero attached hydrogens (tertiary/aromatic N) is 3. The molecule has 9 heteroatoms. The first-order valence-corrected chi connectivity index (χ1v) is 10.1. The quantitative estimate of drug-likeness (QED) is 0.773. The fourth-order valence-electron chi connectivity index (χ4n) is 3.26. The van der Waals surface area contributed by atoms with E-state index in [0.717, 1.165) is 28.6 Å². The summed E-state index contributed by atoms with van der Waals surface area (Å²) in [6.07, 6.45) is 3.01. The topological polar surface area (TPSA) is 95.9 Å². The van der Waals surface area contributed by atoms with E-state index in [2.05, 4.69) is 20.6 Å². The lowest BCUT2D eigenvalue weighted by molar-refractivity contribution is -0.115. The standard InChI is InChI=1S/C19H21N5O3S/c1-2-27-19(26)24-7-5-13(6-8-24)21-18-22-15(17(25)23-18)9-12-3-4-14-16(10-12)28-11-20-14/h3-4,9-11,13H,2,5-8H2,1H3,(H2,21,22,23,25)/b15-9-. The second kappa shape index (κ2) is 7.97. The second-order valence-electron chi connectivity index (χ2n) is 6.61. The Morgan fingerprint density at radius 2 is 2.21 bits per heavy atom. The first-order chi connectivity index (χ1) is 13.6. The van der Waals surface area contributed by atoms with Gasteiger partial charge in [0.1, 0.15) is 5.70 Å². The number of carbonyl (C=O) groups is 2. The predicted molar refractivity (Wildman–Crippen MR) is 108 cm³/mol. The number of aliphatic imine (C=N–C) groups is 1. The van der Waals surface area contributed by atoms with Crippen molar-refractivity contribution in [2.75, 3.05) is 19.7 Å². The van der Waals surface area contributed by atoms with Crippen LogP contribution in [0.25, 0.3) is 16.3 Å². The van der Waals surface area contributed by atoms with Crippen LogP contribution in [0.2, 0.25) is 0 Å². The van der Waals surface area contributed by atoms with Crippen LogP contribution in [0.1, 0.15) is 25.3 Å². The fourth-order valence-corrected chi connectivity index (χ4v) is 3.99. The number of guanidine groups is 1. The molecule has 2 saturated heterocycles. The van der Waals surface area contributed by atoms with E-state index in [4.69, 9.17) is 4.74 Å². The van der Waals surface area contributed by atoms with Crippen LogP contribution in [-0.2, 0) is 9.53 Å². The third-order valence-corrected chi connectivity index (χ3v) is 5.49. The van der Waals surface area contributed by atoms with Gasteiger partial charge in [0.05, 0.1) is 28.4 Å². The highest BCUT2D eigenvalue weighted by molar-refractivity contribution is 7.16. The summed E-state index contributed by atoms with van der Waals surface area (Å²) in [6, 6.07) is 5.94. The molecule has 0 atom stereocenters. The number of thiazole rings is 1. The van der Waals surface area contributed by atoms with E-state index in [0.29, 0.717) is 31.4 Å². The van der Waals surface area contributed by atoms with Gasteiger partial charge >= 0.3 is 6.09 Å². The molecule has 1 aromatic carbocycles. The van der Waals surface area contributed by atoms with E-state index in [9.17, 15) is 9.59 Å². The summed E-state index contributed by atoms with van der Waals surface area (Å²) in [6.45, 7) is 3.38. The Hall–Kier alpha value is -2.94. The highest BCUT2D eigenvalue weighted by Gasteiger charge is 2.26. The van der Waals surface area contributed by atoms with Crippen molar-refractivity contribution in [3.05, 3.63) is 35.0 Å². The predicted octanol–water partition coefficient (Wildman–Crippen LogP) is 2.33. The number of ether oxygens (including phenoxy) is 1. The van der Waals surface area contributed by atoms with Crippen molar-refractivity contribution in [2.24, 2.45) is 4.99 Å². The van der Waals surface area contributed by atoms with Crippen LogP contribution in [0.4, 0.5) is 4.79 Å². The number of fused-ring (bicyclic) bond motifs is 1. The first-order valence-electron chi connectivity index (χ1n) is 9.25. The second-order valence-corrected chi connectivity index (χ2v) is 7.50. The molecule has 4 rings (SSSR count). The van der Waals surface area contributed by atoms with E-state index in [-0.39, 0.29) is 18.0 Å². The van der Waals surface area contributed by atoms with Gasteiger partial charge in [-0.05, 0) is 43.5 Å². The van der Waals surface area contributed by atoms with Crippen molar-refractivity contribution >= 4 is 45.6 Å². The van der Waals surface area contributed by atoms with Gasteiger partial charge in [-0.1, -0.05) is 6.07 Å². The lowest BCUT2D eigenvalue weighted by atomic mass is 10.1. The van der Waals surface area contributed by atoms with E-state index in [1.165, 1.54) is 0 Å². The van der Waals surface area contributed by atoms with Crippen molar-refractivity contribution in [1.82, 2.24) is 20.5 Å². The van der Waals surface area contributed by atoms with E-state index >= 15 is 0 Å². The highest BCUT2D eigenvalue weighted by atomic mass is 32.1. The van der Waals surface area contributed by atoms with Crippen LogP contribution >= 0.6 is 11.3 Å². The molecule has 28 heavy (non-hydrogen) atoms. The number of amides is 2. The molecular formula is C19H21N5O3S. The van der Waals surface area contributed by atoms with Gasteiger partial charge in [-0.15, -0.1) is 11.3 Å². The molecule has 2 amide bonds. The fraction of sp³-hybridized carbons (Fsp3) is 0.368. The molecule has 0 aliphatic carbocycles. The number of hydrogen-bond donors (Lipinski definition) is 2. The van der Waals surface area contributed by atoms with Gasteiger partial charge in [-0.3, -0.25) is 10.1 Å². The van der Waals surface area contributed by atoms with Gasteiger partial charge in [0.25, 0.3) is 5.91 Å². The van der Waals surface area contributed by atoms with Crippen molar-refractivity contribution in [2.45, 2.75) is 25.8 Å². The van der Waals surface area contributed by atoms with Gasteiger partial charge < -0.3 is 15.0 Å². The van der Waals surface area contributed by atoms with Crippen LogP contribution in [0, 0.1) is 0 Å². The normalized spacial score (nSPS) is 20.6. The first kappa shape index (κ1) is 18.4. The zero-order chi connectivity index (χ0) is 19.5. The van der Waals surface area contributed by atoms with E-state index in [1.54, 1.807) is 34.7 Å². The molecule has 1 aromatic heterocycles. The Morgan fingerprint density at radius 3 is 3.00 bits per heavy atom. The lowest BCUT2D eigenvalue weighted by Gasteiger charge is -2.29. The molecule has 0 radical (unpaired) electrons. The van der Waals surface area contributed by atoms with Crippen LogP contribution in [0.5, 0.6) is 0 Å². The van der Waals surface area contributed by atoms with Crippen molar-refractivity contribution in [3.8, 4) is 0 Å². The van der Waals surface area contributed by atoms with Crippen LogP contribution in [-0.4, -0.2) is 53.6 Å². The third-order valence-electron chi connectivity index (χ3n) is 4.70. The smallest absolute Gasteiger partial charge is 0.409 e. The molecule has 2 aliphatic heterocycles. The maximum atomic E-state index is 12.3. The number of likely N-dealkylation sites (tertiary alicyclic amines) is 1. The number of nitrogens with one attached hydrogen (secondary N) is 2. The molecule has 146 valence electrons. The Labute approximate surface area is 166 Å². The molecule has 8 nitrogen and oxygen atoms in total. The molecule has 2 aliphatic rings. The molecule has 2 N–H and O–H groups in total. The van der Waals surface area contributed by atoms with Crippen LogP contribution in [0.15, 0.2) is 34.4 Å². The average molecular weight is 399 g/mol. The van der Waals surface area contributed by atoms with Crippen molar-refractivity contribution in [1.29, 1.82) is 0 Å². The minimum atomic E-state index is -0.274. The summed E-state index contributed by atoms with van der Waals surface area (Å²) < 4.78 is 6.11. The number of hydrogen-bond acceptors (Lipinski definition) is 6. The molecular weight excluding hydrogens is 378 g/mol. The minimum absolute atomic E-state index is 0.0568. The highest BCUT2D eigenvalue weighted by Crippen LogP contribution is 2.21. The minimum Gasteiger partial charge on any atom is -0.450 e. The van der Waals surface area contributed by atoms with Gasteiger partial charge in [-0.25, -0.2) is 14.8 Å². The zero-order valence-corrected chi connectivity index (χ0v) is 16.3. The van der Waals surface area contributed by atoms with Gasteiger partial charge in [0, 0.05) is 13.1 Å². The maximum Gasteiger partial charge on any atom is 0.409 e. The van der Waals surface area contributed by atoms with Crippen LogP contribution in [0.3, 0.4) is 0 Å². The summed E-state index contributed by atoms with van der Waals surface area (Å²) in [4.78, 5) is 34.6. The summed E-state index contributed by atoms with van der Waals surface area (Å²) in [5.74, 6) is 0.261. The van der Waals surface area contributed by atoms with Gasteiger partial charge in [0.15, 0.2) is 0 Å². The average Bonchev–Trinajstić information content (AvgIpc) is 3.29. The molecule has 3 heterocycles. The summed E-state index contributed by atoms with van der Waals surface area (Å²) in [7, 11) is 0. The van der Waals surface area contributed by atoms with Gasteiger partial charge in [0.2, 0.25) is 5.96 Å². The molecule has 2 fully saturated rings. The van der Waals surface area contributed by atoms with Crippen LogP contribution < -0.4 is 10.6 Å². The molecule has 2 aromatic rings. The Bertz CT molecular complexity index is 959. The number of aromatic nitrogens is 1. The monoisotopic (exact) mass is 399 g/mol. The van der Waals surface area contributed by atoms with Crippen molar-refractivity contribution in [3.63, 3.8) is 0 Å². The third kappa shape index (κ3) is 3.99. The zero-order valence-electron chi connectivity index (χ0n) is 15.5. The number of piperidine rings is 1. The van der Waals surface area contributed by atoms with Crippen molar-refractivity contribution < 1.29 is 14.3 Å². The maximum absolute atomic E-state index is 12.3. The summed E-state index contributed by atoms with van der Waals surface area (Å²) in [5, 5.41) is 5.84. The SMILES string of the molecule is CCOC(=O)N1CCC(N=C2NC(=O)/C(=C/c3ccc4ncsc4c3)N2)CC1. The van der Waals surface area contributed by atoms with E-state index < -0.39 is 0 Å². The number of rotatable bonds is 3. The summed E-state index contributed by atoms with van der Waals surface area (Å²) in [5.41, 5.74) is 4.15. The molecule has 0 bridgehead atoms. The largest absolute Gasteiger partial charge is 0.450 e. The Kier molecular flexibility index (Phi) is 5.25. The Morgan fingerprint density at radius 1 is 1.39 bits per heavy atom. The molecule has 0 spiro atoms. The number of carbonyl (C=O) groups excluding carboxylic acids is 2. The molecule has 0 unspecified atom stereocenters. The Balaban J connectivity index is 1.40. The number of benzene rings is 1. The molecule has 0 saturated carbocycles. The lowest BCUT2D eigenvalue weighted by Crippen LogP contribution is -2.41. The summed E-state index contributed by atoms with van der Waals surface area (Å²) >= 11 is 1.57. The van der Waals surface area contributed by atoms with Gasteiger partial charge in [-0.2, -0.15) is 0 Å². The van der Waals surface area contributed by atoms with E-state index in [1.807, 2.05) is 18.2 Å².